The van der Waals surface area contributed by atoms with Crippen LogP contribution in [0.4, 0.5) is 0 Å². The van der Waals surface area contributed by atoms with Crippen molar-refractivity contribution in [2.75, 3.05) is 12.4 Å². The normalized spacial score (nSPS) is 17.2. The van der Waals surface area contributed by atoms with Crippen LogP contribution < -0.4 is 10.9 Å². The van der Waals surface area contributed by atoms with Crippen LogP contribution in [-0.2, 0) is 16.1 Å². The first-order valence-corrected chi connectivity index (χ1v) is 10.0. The minimum Gasteiger partial charge on any atom is -0.376 e. The standard InChI is InChI=1S/C18H22ClN3O3S/c1-11(2)20-16(23)10-26-18-21-15-8-12(19)5-6-14(15)17(24)22(18)9-13-4-3-7-25-13/h5-6,8,11,13H,3-4,7,9-10H2,1-2H3,(H,20,23). The van der Waals surface area contributed by atoms with E-state index in [4.69, 9.17) is 16.3 Å². The zero-order chi connectivity index (χ0) is 18.7. The third-order valence-electron chi connectivity index (χ3n) is 4.07. The van der Waals surface area contributed by atoms with E-state index in [1.54, 1.807) is 22.8 Å². The van der Waals surface area contributed by atoms with E-state index in [0.717, 1.165) is 19.4 Å². The quantitative estimate of drug-likeness (QED) is 0.601. The lowest BCUT2D eigenvalue weighted by Gasteiger charge is -2.16. The second-order valence-electron chi connectivity index (χ2n) is 6.62. The van der Waals surface area contributed by atoms with Crippen LogP contribution in [0.15, 0.2) is 28.2 Å². The van der Waals surface area contributed by atoms with E-state index in [1.807, 2.05) is 13.8 Å². The maximum atomic E-state index is 13.0. The molecule has 1 saturated heterocycles. The fraction of sp³-hybridized carbons (Fsp3) is 0.500. The van der Waals surface area contributed by atoms with Gasteiger partial charge in [0, 0.05) is 17.7 Å². The summed E-state index contributed by atoms with van der Waals surface area (Å²) in [6.07, 6.45) is 1.92. The van der Waals surface area contributed by atoms with E-state index < -0.39 is 0 Å². The Morgan fingerprint density at radius 2 is 2.31 bits per heavy atom. The van der Waals surface area contributed by atoms with E-state index in [1.165, 1.54) is 11.8 Å². The van der Waals surface area contributed by atoms with Crippen LogP contribution in [0.2, 0.25) is 5.02 Å². The fourth-order valence-electron chi connectivity index (χ4n) is 2.93. The first-order valence-electron chi connectivity index (χ1n) is 8.68. The number of halogens is 1. The monoisotopic (exact) mass is 395 g/mol. The molecule has 0 aliphatic carbocycles. The van der Waals surface area contributed by atoms with Crippen LogP contribution >= 0.6 is 23.4 Å². The van der Waals surface area contributed by atoms with Gasteiger partial charge in [0.05, 0.1) is 29.3 Å². The lowest BCUT2D eigenvalue weighted by molar-refractivity contribution is -0.119. The Balaban J connectivity index is 1.94. The molecular weight excluding hydrogens is 374 g/mol. The number of carbonyl (C=O) groups is 1. The second-order valence-corrected chi connectivity index (χ2v) is 8.00. The Kier molecular flexibility index (Phi) is 6.21. The van der Waals surface area contributed by atoms with Gasteiger partial charge in [-0.1, -0.05) is 23.4 Å². The Morgan fingerprint density at radius 1 is 1.50 bits per heavy atom. The van der Waals surface area contributed by atoms with E-state index in [9.17, 15) is 9.59 Å². The zero-order valence-electron chi connectivity index (χ0n) is 14.8. The maximum absolute atomic E-state index is 13.0. The highest BCUT2D eigenvalue weighted by molar-refractivity contribution is 7.99. The van der Waals surface area contributed by atoms with Crippen molar-refractivity contribution < 1.29 is 9.53 Å². The number of amides is 1. The van der Waals surface area contributed by atoms with Gasteiger partial charge in [-0.3, -0.25) is 14.2 Å². The van der Waals surface area contributed by atoms with Gasteiger partial charge in [0.1, 0.15) is 0 Å². The summed E-state index contributed by atoms with van der Waals surface area (Å²) >= 11 is 7.30. The predicted molar refractivity (Wildman–Crippen MR) is 104 cm³/mol. The molecule has 1 unspecified atom stereocenters. The molecule has 0 saturated carbocycles. The number of benzene rings is 1. The van der Waals surface area contributed by atoms with E-state index in [-0.39, 0.29) is 29.4 Å². The summed E-state index contributed by atoms with van der Waals surface area (Å²) in [5.74, 6) is 0.108. The molecule has 2 heterocycles. The molecule has 0 spiro atoms. The molecule has 1 aliphatic rings. The third kappa shape index (κ3) is 4.58. The number of fused-ring (bicyclic) bond motifs is 1. The number of carbonyl (C=O) groups excluding carboxylic acids is 1. The molecule has 26 heavy (non-hydrogen) atoms. The molecule has 2 aromatic rings. The van der Waals surface area contributed by atoms with Gasteiger partial charge in [-0.25, -0.2) is 4.98 Å². The van der Waals surface area contributed by atoms with Gasteiger partial charge in [-0.05, 0) is 44.9 Å². The average molecular weight is 396 g/mol. The Bertz CT molecular complexity index is 863. The van der Waals surface area contributed by atoms with Crippen LogP contribution in [0.5, 0.6) is 0 Å². The molecule has 1 aromatic carbocycles. The van der Waals surface area contributed by atoms with Gasteiger partial charge in [-0.2, -0.15) is 0 Å². The zero-order valence-corrected chi connectivity index (χ0v) is 16.4. The van der Waals surface area contributed by atoms with Crippen molar-refractivity contribution in [1.29, 1.82) is 0 Å². The van der Waals surface area contributed by atoms with Crippen LogP contribution in [-0.4, -0.2) is 40.0 Å². The smallest absolute Gasteiger partial charge is 0.262 e. The summed E-state index contributed by atoms with van der Waals surface area (Å²) in [5, 5.41) is 4.40. The number of aromatic nitrogens is 2. The summed E-state index contributed by atoms with van der Waals surface area (Å²) < 4.78 is 7.30. The molecule has 1 N–H and O–H groups in total. The molecular formula is C18H22ClN3O3S. The first kappa shape index (κ1) is 19.2. The summed E-state index contributed by atoms with van der Waals surface area (Å²) in [4.78, 5) is 29.6. The van der Waals surface area contributed by atoms with Gasteiger partial charge >= 0.3 is 0 Å². The predicted octanol–water partition coefficient (Wildman–Crippen LogP) is 2.85. The number of thioether (sulfide) groups is 1. The summed E-state index contributed by atoms with van der Waals surface area (Å²) in [6.45, 7) is 4.98. The summed E-state index contributed by atoms with van der Waals surface area (Å²) in [7, 11) is 0. The number of hydrogen-bond donors (Lipinski definition) is 1. The number of nitrogens with zero attached hydrogens (tertiary/aromatic N) is 2. The molecule has 8 heteroatoms. The number of nitrogens with one attached hydrogen (secondary N) is 1. The van der Waals surface area contributed by atoms with Crippen molar-refractivity contribution >= 4 is 40.2 Å². The first-order chi connectivity index (χ1) is 12.4. The van der Waals surface area contributed by atoms with Crippen LogP contribution in [0.25, 0.3) is 10.9 Å². The lowest BCUT2D eigenvalue weighted by atomic mass is 10.2. The summed E-state index contributed by atoms with van der Waals surface area (Å²) in [5.41, 5.74) is 0.409. The van der Waals surface area contributed by atoms with Crippen molar-refractivity contribution in [1.82, 2.24) is 14.9 Å². The molecule has 140 valence electrons. The van der Waals surface area contributed by atoms with Crippen LogP contribution in [0.1, 0.15) is 26.7 Å². The highest BCUT2D eigenvalue weighted by Crippen LogP contribution is 2.22. The van der Waals surface area contributed by atoms with Crippen molar-refractivity contribution in [3.63, 3.8) is 0 Å². The molecule has 3 rings (SSSR count). The van der Waals surface area contributed by atoms with E-state index in [2.05, 4.69) is 10.3 Å². The maximum Gasteiger partial charge on any atom is 0.262 e. The topological polar surface area (TPSA) is 73.2 Å². The lowest BCUT2D eigenvalue weighted by Crippen LogP contribution is -2.32. The number of ether oxygens (including phenoxy) is 1. The molecule has 1 amide bonds. The molecule has 1 atom stereocenters. The van der Waals surface area contributed by atoms with Crippen molar-refractivity contribution in [3.8, 4) is 0 Å². The SMILES string of the molecule is CC(C)NC(=O)CSc1nc2cc(Cl)ccc2c(=O)n1CC1CCCO1. The molecule has 1 aliphatic heterocycles. The average Bonchev–Trinajstić information content (AvgIpc) is 3.08. The van der Waals surface area contributed by atoms with Gasteiger partial charge in [0.25, 0.3) is 5.56 Å². The van der Waals surface area contributed by atoms with Crippen LogP contribution in [0.3, 0.4) is 0 Å². The van der Waals surface area contributed by atoms with Crippen molar-refractivity contribution in [2.24, 2.45) is 0 Å². The minimum absolute atomic E-state index is 0.00286. The highest BCUT2D eigenvalue weighted by atomic mass is 35.5. The van der Waals surface area contributed by atoms with E-state index >= 15 is 0 Å². The van der Waals surface area contributed by atoms with Gasteiger partial charge in [-0.15, -0.1) is 0 Å². The minimum atomic E-state index is -0.131. The molecule has 0 bridgehead atoms. The van der Waals surface area contributed by atoms with Crippen molar-refractivity contribution in [2.45, 2.75) is 50.5 Å². The number of hydrogen-bond acceptors (Lipinski definition) is 5. The molecule has 1 fully saturated rings. The van der Waals surface area contributed by atoms with Crippen molar-refractivity contribution in [3.05, 3.63) is 33.6 Å². The Morgan fingerprint density at radius 3 is 3.00 bits per heavy atom. The fourth-order valence-corrected chi connectivity index (χ4v) is 3.92. The van der Waals surface area contributed by atoms with Gasteiger partial charge in [0.15, 0.2) is 5.16 Å². The number of rotatable bonds is 6. The summed E-state index contributed by atoms with van der Waals surface area (Å²) in [6, 6.07) is 5.12. The van der Waals surface area contributed by atoms with Gasteiger partial charge < -0.3 is 10.1 Å². The Labute approximate surface area is 161 Å². The van der Waals surface area contributed by atoms with E-state index in [0.29, 0.717) is 27.6 Å². The highest BCUT2D eigenvalue weighted by Gasteiger charge is 2.21. The van der Waals surface area contributed by atoms with Crippen LogP contribution in [0, 0.1) is 0 Å². The third-order valence-corrected chi connectivity index (χ3v) is 5.29. The largest absolute Gasteiger partial charge is 0.376 e. The Hall–Kier alpha value is -1.57. The molecule has 0 radical (unpaired) electrons. The van der Waals surface area contributed by atoms with Gasteiger partial charge in [0.2, 0.25) is 5.91 Å². The molecule has 1 aromatic heterocycles. The second kappa shape index (κ2) is 8.41. The molecule has 6 nitrogen and oxygen atoms in total.